The van der Waals surface area contributed by atoms with Crippen LogP contribution in [0.5, 0.6) is 0 Å². The lowest BCUT2D eigenvalue weighted by Gasteiger charge is -2.37. The number of sulfonamides is 1. The SMILES string of the molecule is CCCn1c(C(C)N2CCN(S(=O)(=O)c3ccc(C(C)(C)C)cc3)CC2)nc2ccccc2c1=O. The van der Waals surface area contributed by atoms with Gasteiger partial charge in [-0.25, -0.2) is 13.4 Å². The Kier molecular flexibility index (Phi) is 7.18. The molecule has 1 fully saturated rings. The third-order valence-electron chi connectivity index (χ3n) is 6.89. The van der Waals surface area contributed by atoms with Gasteiger partial charge in [-0.05, 0) is 48.6 Å². The average molecular weight is 497 g/mol. The highest BCUT2D eigenvalue weighted by Gasteiger charge is 2.32. The van der Waals surface area contributed by atoms with Crippen LogP contribution in [0.15, 0.2) is 58.2 Å². The molecule has 0 amide bonds. The van der Waals surface area contributed by atoms with Gasteiger partial charge in [0.1, 0.15) is 5.82 Å². The smallest absolute Gasteiger partial charge is 0.261 e. The van der Waals surface area contributed by atoms with Crippen molar-refractivity contribution in [2.24, 2.45) is 0 Å². The van der Waals surface area contributed by atoms with Gasteiger partial charge in [-0.2, -0.15) is 4.31 Å². The minimum absolute atomic E-state index is 0.0146. The van der Waals surface area contributed by atoms with Crippen molar-refractivity contribution in [2.45, 2.75) is 63.9 Å². The highest BCUT2D eigenvalue weighted by Crippen LogP contribution is 2.27. The summed E-state index contributed by atoms with van der Waals surface area (Å²) < 4.78 is 29.9. The van der Waals surface area contributed by atoms with E-state index < -0.39 is 10.0 Å². The number of rotatable bonds is 6. The number of fused-ring (bicyclic) bond motifs is 1. The van der Waals surface area contributed by atoms with E-state index in [-0.39, 0.29) is 17.0 Å². The van der Waals surface area contributed by atoms with Gasteiger partial charge in [0, 0.05) is 32.7 Å². The molecule has 1 atom stereocenters. The molecule has 2 aromatic carbocycles. The standard InChI is InChI=1S/C27H36N4O3S/c1-6-15-31-25(28-24-10-8-7-9-23(24)26(31)32)20(2)29-16-18-30(19-17-29)35(33,34)22-13-11-21(12-14-22)27(3,4)5/h7-14,20H,6,15-19H2,1-5H3. The molecule has 4 rings (SSSR count). The molecular weight excluding hydrogens is 460 g/mol. The summed E-state index contributed by atoms with van der Waals surface area (Å²) >= 11 is 0. The fraction of sp³-hybridized carbons (Fsp3) is 0.481. The van der Waals surface area contributed by atoms with Gasteiger partial charge >= 0.3 is 0 Å². The number of nitrogens with zero attached hydrogens (tertiary/aromatic N) is 4. The summed E-state index contributed by atoms with van der Waals surface area (Å²) in [6, 6.07) is 14.6. The van der Waals surface area contributed by atoms with Crippen LogP contribution >= 0.6 is 0 Å². The van der Waals surface area contributed by atoms with E-state index in [4.69, 9.17) is 4.98 Å². The van der Waals surface area contributed by atoms with Crippen molar-refractivity contribution in [1.29, 1.82) is 0 Å². The molecule has 35 heavy (non-hydrogen) atoms. The quantitative estimate of drug-likeness (QED) is 0.512. The predicted molar refractivity (Wildman–Crippen MR) is 140 cm³/mol. The first-order valence-electron chi connectivity index (χ1n) is 12.4. The minimum Gasteiger partial charge on any atom is -0.295 e. The van der Waals surface area contributed by atoms with E-state index in [1.165, 1.54) is 0 Å². The van der Waals surface area contributed by atoms with Gasteiger partial charge in [0.2, 0.25) is 10.0 Å². The van der Waals surface area contributed by atoms with E-state index in [0.717, 1.165) is 17.8 Å². The molecule has 0 radical (unpaired) electrons. The Morgan fingerprint density at radius 3 is 2.20 bits per heavy atom. The van der Waals surface area contributed by atoms with Crippen LogP contribution in [0.2, 0.25) is 0 Å². The number of hydrogen-bond acceptors (Lipinski definition) is 5. The number of piperazine rings is 1. The summed E-state index contributed by atoms with van der Waals surface area (Å²) in [5.74, 6) is 0.740. The molecule has 2 heterocycles. The van der Waals surface area contributed by atoms with Crippen molar-refractivity contribution in [3.8, 4) is 0 Å². The van der Waals surface area contributed by atoms with Crippen LogP contribution in [0.1, 0.15) is 58.5 Å². The first-order chi connectivity index (χ1) is 16.5. The van der Waals surface area contributed by atoms with Crippen molar-refractivity contribution < 1.29 is 8.42 Å². The molecule has 3 aromatic rings. The van der Waals surface area contributed by atoms with Gasteiger partial charge in [-0.1, -0.05) is 52.0 Å². The van der Waals surface area contributed by atoms with E-state index >= 15 is 0 Å². The van der Waals surface area contributed by atoms with Gasteiger partial charge < -0.3 is 0 Å². The van der Waals surface area contributed by atoms with Crippen LogP contribution in [0.4, 0.5) is 0 Å². The lowest BCUT2D eigenvalue weighted by atomic mass is 9.87. The van der Waals surface area contributed by atoms with Crippen molar-refractivity contribution in [1.82, 2.24) is 18.8 Å². The number of aromatic nitrogens is 2. The highest BCUT2D eigenvalue weighted by atomic mass is 32.2. The van der Waals surface area contributed by atoms with Crippen LogP contribution < -0.4 is 5.56 Å². The Bertz CT molecular complexity index is 1350. The molecule has 188 valence electrons. The molecule has 8 heteroatoms. The fourth-order valence-corrected chi connectivity index (χ4v) is 6.14. The van der Waals surface area contributed by atoms with Crippen LogP contribution in [0.25, 0.3) is 10.9 Å². The van der Waals surface area contributed by atoms with Crippen molar-refractivity contribution >= 4 is 20.9 Å². The molecule has 1 unspecified atom stereocenters. The third kappa shape index (κ3) is 5.06. The number of para-hydroxylation sites is 1. The van der Waals surface area contributed by atoms with E-state index in [1.807, 2.05) is 43.3 Å². The molecule has 0 spiro atoms. The summed E-state index contributed by atoms with van der Waals surface area (Å²) in [4.78, 5) is 20.6. The van der Waals surface area contributed by atoms with E-state index in [2.05, 4.69) is 32.6 Å². The monoisotopic (exact) mass is 496 g/mol. The molecule has 0 aliphatic carbocycles. The first-order valence-corrected chi connectivity index (χ1v) is 13.8. The lowest BCUT2D eigenvalue weighted by Crippen LogP contribution is -2.49. The Labute approximate surface area is 208 Å². The van der Waals surface area contributed by atoms with E-state index in [0.29, 0.717) is 48.5 Å². The van der Waals surface area contributed by atoms with Gasteiger partial charge in [0.25, 0.3) is 5.56 Å². The minimum atomic E-state index is -3.55. The molecule has 7 nitrogen and oxygen atoms in total. The molecule has 0 N–H and O–H groups in total. The maximum Gasteiger partial charge on any atom is 0.261 e. The molecule has 1 saturated heterocycles. The molecule has 0 saturated carbocycles. The van der Waals surface area contributed by atoms with Crippen molar-refractivity contribution in [3.63, 3.8) is 0 Å². The Morgan fingerprint density at radius 2 is 1.60 bits per heavy atom. The zero-order valence-electron chi connectivity index (χ0n) is 21.4. The number of hydrogen-bond donors (Lipinski definition) is 0. The molecule has 1 aromatic heterocycles. The fourth-order valence-electron chi connectivity index (χ4n) is 4.71. The third-order valence-corrected chi connectivity index (χ3v) is 8.80. The summed E-state index contributed by atoms with van der Waals surface area (Å²) in [7, 11) is -3.55. The van der Waals surface area contributed by atoms with Gasteiger partial charge in [0.05, 0.1) is 21.8 Å². The topological polar surface area (TPSA) is 75.5 Å². The average Bonchev–Trinajstić information content (AvgIpc) is 2.85. The Morgan fingerprint density at radius 1 is 0.971 bits per heavy atom. The van der Waals surface area contributed by atoms with Crippen LogP contribution in [0.3, 0.4) is 0 Å². The zero-order valence-corrected chi connectivity index (χ0v) is 22.2. The zero-order chi connectivity index (χ0) is 25.4. The van der Waals surface area contributed by atoms with Crippen molar-refractivity contribution in [2.75, 3.05) is 26.2 Å². The Hall–Kier alpha value is -2.55. The highest BCUT2D eigenvalue weighted by molar-refractivity contribution is 7.89. The first kappa shape index (κ1) is 25.5. The summed E-state index contributed by atoms with van der Waals surface area (Å²) in [6.07, 6.45) is 0.833. The normalized spacial score (nSPS) is 17.1. The maximum atomic E-state index is 13.3. The molecular formula is C27H36N4O3S. The summed E-state index contributed by atoms with van der Waals surface area (Å²) in [6.45, 7) is 13.0. The Balaban J connectivity index is 1.53. The van der Waals surface area contributed by atoms with Crippen molar-refractivity contribution in [3.05, 3.63) is 70.3 Å². The van der Waals surface area contributed by atoms with Crippen LogP contribution in [-0.4, -0.2) is 53.4 Å². The van der Waals surface area contributed by atoms with E-state index in [1.54, 1.807) is 21.0 Å². The second-order valence-electron chi connectivity index (χ2n) is 10.3. The molecule has 0 bridgehead atoms. The molecule has 1 aliphatic heterocycles. The van der Waals surface area contributed by atoms with Gasteiger partial charge in [0.15, 0.2) is 0 Å². The summed E-state index contributed by atoms with van der Waals surface area (Å²) in [5, 5.41) is 0.630. The second-order valence-corrected chi connectivity index (χ2v) is 12.3. The van der Waals surface area contributed by atoms with Crippen LogP contribution in [-0.2, 0) is 22.0 Å². The predicted octanol–water partition coefficient (Wildman–Crippen LogP) is 4.17. The second kappa shape index (κ2) is 9.84. The summed E-state index contributed by atoms with van der Waals surface area (Å²) in [5.41, 5.74) is 1.77. The van der Waals surface area contributed by atoms with Crippen LogP contribution in [0, 0.1) is 0 Å². The van der Waals surface area contributed by atoms with Gasteiger partial charge in [-0.3, -0.25) is 14.3 Å². The van der Waals surface area contributed by atoms with Gasteiger partial charge in [-0.15, -0.1) is 0 Å². The lowest BCUT2D eigenvalue weighted by molar-refractivity contribution is 0.138. The van der Waals surface area contributed by atoms with E-state index in [9.17, 15) is 13.2 Å². The largest absolute Gasteiger partial charge is 0.295 e. The maximum absolute atomic E-state index is 13.3. The molecule has 1 aliphatic rings. The number of benzene rings is 2.